The van der Waals surface area contributed by atoms with E-state index in [-0.39, 0.29) is 5.92 Å². The molecular weight excluding hydrogens is 484 g/mol. The standard InChI is InChI=1S/C32H34N6O/c1-20(2)30-29-25(23-16-22-10-6-7-11-27(22)36-19-23)14-15-34-32(29)38(37-30)24-12-13-26(31(33)39)28(17-24)35-18-21-8-4-3-5-9-21/h6-7,10-17,19-21,35H,3-5,8-9,18H2,1-2H3,(H2,33,39). The highest BCUT2D eigenvalue weighted by Gasteiger charge is 2.21. The first-order valence-electron chi connectivity index (χ1n) is 13.9. The third kappa shape index (κ3) is 4.85. The number of fused-ring (bicyclic) bond motifs is 2. The summed E-state index contributed by atoms with van der Waals surface area (Å²) < 4.78 is 1.89. The van der Waals surface area contributed by atoms with E-state index in [1.54, 1.807) is 6.07 Å². The van der Waals surface area contributed by atoms with Crippen LogP contribution in [0.4, 0.5) is 5.69 Å². The highest BCUT2D eigenvalue weighted by atomic mass is 16.1. The van der Waals surface area contributed by atoms with Gasteiger partial charge in [0, 0.05) is 35.6 Å². The van der Waals surface area contributed by atoms with Crippen LogP contribution in [-0.4, -0.2) is 32.2 Å². The van der Waals surface area contributed by atoms with Crippen molar-refractivity contribution >= 4 is 33.5 Å². The number of anilines is 1. The second kappa shape index (κ2) is 10.5. The van der Waals surface area contributed by atoms with Crippen LogP contribution in [0.25, 0.3) is 38.8 Å². The molecule has 0 radical (unpaired) electrons. The van der Waals surface area contributed by atoms with Crippen LogP contribution in [0, 0.1) is 5.92 Å². The quantitative estimate of drug-likeness (QED) is 0.245. The van der Waals surface area contributed by atoms with Gasteiger partial charge in [0.05, 0.1) is 27.8 Å². The molecule has 2 aromatic carbocycles. The molecule has 0 bridgehead atoms. The Bertz CT molecular complexity index is 1660. The molecule has 7 nitrogen and oxygen atoms in total. The van der Waals surface area contributed by atoms with E-state index in [9.17, 15) is 4.79 Å². The Kier molecular flexibility index (Phi) is 6.73. The number of amides is 1. The summed E-state index contributed by atoms with van der Waals surface area (Å²) in [5, 5.41) is 10.7. The lowest BCUT2D eigenvalue weighted by atomic mass is 9.89. The Hall–Kier alpha value is -4.26. The number of hydrogen-bond acceptors (Lipinski definition) is 5. The zero-order valence-corrected chi connectivity index (χ0v) is 22.5. The van der Waals surface area contributed by atoms with Crippen molar-refractivity contribution in [3.63, 3.8) is 0 Å². The molecule has 0 unspecified atom stereocenters. The van der Waals surface area contributed by atoms with Crippen LogP contribution in [0.15, 0.2) is 67.0 Å². The Morgan fingerprint density at radius 1 is 1.05 bits per heavy atom. The molecule has 7 heteroatoms. The summed E-state index contributed by atoms with van der Waals surface area (Å²) in [6.07, 6.45) is 10.0. The minimum Gasteiger partial charge on any atom is -0.384 e. The van der Waals surface area contributed by atoms with Crippen LogP contribution in [0.2, 0.25) is 0 Å². The third-order valence-electron chi connectivity index (χ3n) is 7.86. The number of aromatic nitrogens is 4. The third-order valence-corrected chi connectivity index (χ3v) is 7.86. The van der Waals surface area contributed by atoms with Crippen molar-refractivity contribution in [2.75, 3.05) is 11.9 Å². The normalized spacial score (nSPS) is 14.3. The maximum atomic E-state index is 12.3. The second-order valence-corrected chi connectivity index (χ2v) is 10.9. The Morgan fingerprint density at radius 2 is 1.87 bits per heavy atom. The maximum absolute atomic E-state index is 12.3. The topological polar surface area (TPSA) is 98.7 Å². The van der Waals surface area contributed by atoms with Crippen LogP contribution >= 0.6 is 0 Å². The van der Waals surface area contributed by atoms with Gasteiger partial charge in [-0.05, 0) is 66.6 Å². The molecule has 1 aliphatic rings. The van der Waals surface area contributed by atoms with Crippen molar-refractivity contribution in [1.82, 2.24) is 19.7 Å². The lowest BCUT2D eigenvalue weighted by Crippen LogP contribution is -2.20. The zero-order chi connectivity index (χ0) is 26.9. The van der Waals surface area contributed by atoms with Crippen molar-refractivity contribution in [2.45, 2.75) is 51.9 Å². The highest BCUT2D eigenvalue weighted by Crippen LogP contribution is 2.36. The largest absolute Gasteiger partial charge is 0.384 e. The Labute approximate surface area is 228 Å². The summed E-state index contributed by atoms with van der Waals surface area (Å²) in [5.74, 6) is 0.352. The van der Waals surface area contributed by atoms with Crippen molar-refractivity contribution in [1.29, 1.82) is 0 Å². The Morgan fingerprint density at radius 3 is 2.67 bits per heavy atom. The van der Waals surface area contributed by atoms with Gasteiger partial charge in [-0.15, -0.1) is 0 Å². The molecule has 1 fully saturated rings. The zero-order valence-electron chi connectivity index (χ0n) is 22.5. The van der Waals surface area contributed by atoms with Crippen LogP contribution in [0.1, 0.15) is 67.9 Å². The second-order valence-electron chi connectivity index (χ2n) is 10.9. The molecule has 0 saturated heterocycles. The lowest BCUT2D eigenvalue weighted by Gasteiger charge is -2.23. The van der Waals surface area contributed by atoms with E-state index in [1.807, 2.05) is 53.5 Å². The fourth-order valence-corrected chi connectivity index (χ4v) is 5.78. The smallest absolute Gasteiger partial charge is 0.250 e. The van der Waals surface area contributed by atoms with Gasteiger partial charge in [-0.2, -0.15) is 5.10 Å². The molecule has 1 amide bonds. The monoisotopic (exact) mass is 518 g/mol. The van der Waals surface area contributed by atoms with Crippen molar-refractivity contribution < 1.29 is 4.79 Å². The first kappa shape index (κ1) is 25.0. The van der Waals surface area contributed by atoms with Gasteiger partial charge in [0.2, 0.25) is 0 Å². The summed E-state index contributed by atoms with van der Waals surface area (Å²) >= 11 is 0. The number of nitrogens with zero attached hydrogens (tertiary/aromatic N) is 4. The number of primary amides is 1. The summed E-state index contributed by atoms with van der Waals surface area (Å²) in [7, 11) is 0. The molecule has 198 valence electrons. The predicted molar refractivity (Wildman–Crippen MR) is 157 cm³/mol. The van der Waals surface area contributed by atoms with E-state index in [4.69, 9.17) is 20.8 Å². The molecule has 6 rings (SSSR count). The van der Waals surface area contributed by atoms with Gasteiger partial charge >= 0.3 is 0 Å². The number of para-hydroxylation sites is 1. The molecule has 39 heavy (non-hydrogen) atoms. The summed E-state index contributed by atoms with van der Waals surface area (Å²) in [6, 6.07) is 18.0. The molecular formula is C32H34N6O. The molecule has 3 N–H and O–H groups in total. The average molecular weight is 519 g/mol. The number of carbonyl (C=O) groups is 1. The number of benzene rings is 2. The van der Waals surface area contributed by atoms with Gasteiger partial charge in [0.1, 0.15) is 0 Å². The van der Waals surface area contributed by atoms with Gasteiger partial charge in [-0.1, -0.05) is 51.3 Å². The van der Waals surface area contributed by atoms with Crippen LogP contribution in [0.5, 0.6) is 0 Å². The molecule has 1 aliphatic carbocycles. The molecule has 1 saturated carbocycles. The van der Waals surface area contributed by atoms with E-state index >= 15 is 0 Å². The van der Waals surface area contributed by atoms with Crippen LogP contribution in [-0.2, 0) is 0 Å². The number of carbonyl (C=O) groups excluding carboxylic acids is 1. The first-order valence-corrected chi connectivity index (χ1v) is 13.9. The summed E-state index contributed by atoms with van der Waals surface area (Å²) in [4.78, 5) is 21.7. The van der Waals surface area contributed by atoms with Gasteiger partial charge < -0.3 is 11.1 Å². The summed E-state index contributed by atoms with van der Waals surface area (Å²) in [5.41, 5.74) is 12.6. The van der Waals surface area contributed by atoms with E-state index in [1.165, 1.54) is 32.1 Å². The van der Waals surface area contributed by atoms with Crippen molar-refractivity contribution in [2.24, 2.45) is 11.7 Å². The first-order chi connectivity index (χ1) is 19.0. The van der Waals surface area contributed by atoms with E-state index in [2.05, 4.69) is 31.3 Å². The number of rotatable bonds is 7. The minimum absolute atomic E-state index is 0.180. The number of pyridine rings is 2. The fourth-order valence-electron chi connectivity index (χ4n) is 5.78. The predicted octanol–water partition coefficient (Wildman–Crippen LogP) is 6.85. The summed E-state index contributed by atoms with van der Waals surface area (Å²) in [6.45, 7) is 5.13. The minimum atomic E-state index is -0.440. The van der Waals surface area contributed by atoms with Crippen molar-refractivity contribution in [3.8, 4) is 16.8 Å². The van der Waals surface area contributed by atoms with Gasteiger partial charge in [0.25, 0.3) is 5.91 Å². The van der Waals surface area contributed by atoms with E-state index < -0.39 is 5.91 Å². The van der Waals surface area contributed by atoms with E-state index in [0.717, 1.165) is 56.7 Å². The molecule has 0 aliphatic heterocycles. The Balaban J connectivity index is 1.46. The van der Waals surface area contributed by atoms with Gasteiger partial charge in [0.15, 0.2) is 5.65 Å². The van der Waals surface area contributed by atoms with Crippen LogP contribution < -0.4 is 11.1 Å². The number of nitrogens with one attached hydrogen (secondary N) is 1. The van der Waals surface area contributed by atoms with Crippen LogP contribution in [0.3, 0.4) is 0 Å². The molecule has 5 aromatic rings. The molecule has 0 atom stereocenters. The number of nitrogens with two attached hydrogens (primary N) is 1. The molecule has 0 spiro atoms. The van der Waals surface area contributed by atoms with Gasteiger partial charge in [-0.25, -0.2) is 9.67 Å². The highest BCUT2D eigenvalue weighted by molar-refractivity contribution is 6.00. The fraction of sp³-hybridized carbons (Fsp3) is 0.312. The number of hydrogen-bond donors (Lipinski definition) is 2. The molecule has 3 aromatic heterocycles. The van der Waals surface area contributed by atoms with Gasteiger partial charge in [-0.3, -0.25) is 9.78 Å². The van der Waals surface area contributed by atoms with Crippen molar-refractivity contribution in [3.05, 3.63) is 78.2 Å². The lowest BCUT2D eigenvalue weighted by molar-refractivity contribution is 0.100. The maximum Gasteiger partial charge on any atom is 0.250 e. The van der Waals surface area contributed by atoms with E-state index in [0.29, 0.717) is 11.5 Å². The molecule has 3 heterocycles. The SMILES string of the molecule is CC(C)c1nn(-c2ccc(C(N)=O)c(NCC3CCCCC3)c2)c2nccc(-c3cnc4ccccc4c3)c12. The average Bonchev–Trinajstić information content (AvgIpc) is 3.36.